The van der Waals surface area contributed by atoms with Gasteiger partial charge in [-0.3, -0.25) is 0 Å². The number of anilines is 1. The molecule has 0 saturated carbocycles. The van der Waals surface area contributed by atoms with E-state index in [0.29, 0.717) is 11.6 Å². The molecule has 1 aliphatic rings. The minimum absolute atomic E-state index is 0.287. The van der Waals surface area contributed by atoms with Crippen LogP contribution in [-0.2, 0) is 0 Å². The Morgan fingerprint density at radius 1 is 1.54 bits per heavy atom. The summed E-state index contributed by atoms with van der Waals surface area (Å²) < 4.78 is 0. The third kappa shape index (κ3) is 1.73. The quantitative estimate of drug-likeness (QED) is 0.701. The second-order valence-electron chi connectivity index (χ2n) is 3.21. The lowest BCUT2D eigenvalue weighted by atomic mass is 10.0. The van der Waals surface area contributed by atoms with Crippen LogP contribution in [0, 0.1) is 0 Å². The van der Waals surface area contributed by atoms with Crippen LogP contribution in [0.15, 0.2) is 6.07 Å². The summed E-state index contributed by atoms with van der Waals surface area (Å²) in [5.41, 5.74) is 7.08. The zero-order valence-electron chi connectivity index (χ0n) is 7.13. The summed E-state index contributed by atoms with van der Waals surface area (Å²) in [6.45, 7) is 1.99. The number of nitrogen functional groups attached to an aromatic ring is 1. The van der Waals surface area contributed by atoms with Crippen LogP contribution in [0.1, 0.15) is 18.0 Å². The molecule has 2 heterocycles. The summed E-state index contributed by atoms with van der Waals surface area (Å²) in [7, 11) is 0. The molecule has 1 fully saturated rings. The Morgan fingerprint density at radius 3 is 3.00 bits per heavy atom. The summed E-state index contributed by atoms with van der Waals surface area (Å²) in [5, 5.41) is 11.4. The van der Waals surface area contributed by atoms with Gasteiger partial charge >= 0.3 is 0 Å². The number of hydrogen-bond donors (Lipinski definition) is 2. The van der Waals surface area contributed by atoms with Gasteiger partial charge in [-0.15, -0.1) is 5.10 Å². The number of nitrogens with two attached hydrogens (primary N) is 1. The number of halogens is 1. The summed E-state index contributed by atoms with van der Waals surface area (Å²) >= 11 is 5.67. The van der Waals surface area contributed by atoms with E-state index in [1.165, 1.54) is 0 Å². The predicted octanol–water partition coefficient (Wildman–Crippen LogP) is 0.789. The average Bonchev–Trinajstić information content (AvgIpc) is 2.62. The van der Waals surface area contributed by atoms with Crippen molar-refractivity contribution in [2.75, 3.05) is 18.8 Å². The zero-order valence-corrected chi connectivity index (χ0v) is 7.88. The van der Waals surface area contributed by atoms with Crippen LogP contribution >= 0.6 is 11.6 Å². The largest absolute Gasteiger partial charge is 0.396 e. The molecular weight excluding hydrogens is 188 g/mol. The van der Waals surface area contributed by atoms with E-state index in [1.807, 2.05) is 6.07 Å². The normalized spacial score (nSPS) is 22.1. The monoisotopic (exact) mass is 198 g/mol. The van der Waals surface area contributed by atoms with Crippen LogP contribution in [0.3, 0.4) is 0 Å². The summed E-state index contributed by atoms with van der Waals surface area (Å²) in [4.78, 5) is 0. The van der Waals surface area contributed by atoms with Gasteiger partial charge in [-0.05, 0) is 19.0 Å². The molecule has 2 rings (SSSR count). The lowest BCUT2D eigenvalue weighted by molar-refractivity contribution is 0.715. The minimum atomic E-state index is 0.287. The predicted molar refractivity (Wildman–Crippen MR) is 51.7 cm³/mol. The van der Waals surface area contributed by atoms with Crippen molar-refractivity contribution in [1.29, 1.82) is 0 Å². The first-order valence-electron chi connectivity index (χ1n) is 4.26. The third-order valence-electron chi connectivity index (χ3n) is 2.27. The highest BCUT2D eigenvalue weighted by Gasteiger charge is 2.18. The fourth-order valence-corrected chi connectivity index (χ4v) is 1.61. The molecule has 0 radical (unpaired) electrons. The molecule has 1 aromatic rings. The van der Waals surface area contributed by atoms with Gasteiger partial charge in [0.1, 0.15) is 0 Å². The van der Waals surface area contributed by atoms with Gasteiger partial charge in [-0.1, -0.05) is 11.6 Å². The van der Waals surface area contributed by atoms with Crippen molar-refractivity contribution >= 4 is 17.3 Å². The van der Waals surface area contributed by atoms with Crippen molar-refractivity contribution in [3.8, 4) is 0 Å². The molecule has 5 heteroatoms. The highest BCUT2D eigenvalue weighted by atomic mass is 35.5. The summed E-state index contributed by atoms with van der Waals surface area (Å²) in [6, 6.07) is 1.81. The molecule has 3 N–H and O–H groups in total. The molecule has 1 aliphatic heterocycles. The number of aromatic nitrogens is 2. The molecule has 1 atom stereocenters. The summed E-state index contributed by atoms with van der Waals surface area (Å²) in [5.74, 6) is 0.437. The van der Waals surface area contributed by atoms with Crippen LogP contribution in [0.25, 0.3) is 0 Å². The Morgan fingerprint density at radius 2 is 2.38 bits per heavy atom. The molecule has 1 saturated heterocycles. The van der Waals surface area contributed by atoms with E-state index in [-0.39, 0.29) is 5.15 Å². The molecule has 0 spiro atoms. The van der Waals surface area contributed by atoms with Gasteiger partial charge in [0.05, 0.1) is 11.4 Å². The molecular formula is C8H11ClN4. The van der Waals surface area contributed by atoms with Crippen molar-refractivity contribution in [2.45, 2.75) is 12.3 Å². The van der Waals surface area contributed by atoms with Gasteiger partial charge in [0.25, 0.3) is 0 Å². The Balaban J connectivity index is 2.25. The van der Waals surface area contributed by atoms with Gasteiger partial charge < -0.3 is 11.1 Å². The van der Waals surface area contributed by atoms with Crippen LogP contribution in [0.4, 0.5) is 5.69 Å². The van der Waals surface area contributed by atoms with E-state index < -0.39 is 0 Å². The maximum Gasteiger partial charge on any atom is 0.174 e. The lowest BCUT2D eigenvalue weighted by Crippen LogP contribution is -2.09. The third-order valence-corrected chi connectivity index (χ3v) is 2.57. The van der Waals surface area contributed by atoms with Gasteiger partial charge in [-0.2, -0.15) is 5.10 Å². The van der Waals surface area contributed by atoms with Crippen LogP contribution in [-0.4, -0.2) is 23.3 Å². The molecule has 0 aromatic carbocycles. The second-order valence-corrected chi connectivity index (χ2v) is 3.56. The van der Waals surface area contributed by atoms with E-state index in [9.17, 15) is 0 Å². The Hall–Kier alpha value is -0.870. The van der Waals surface area contributed by atoms with Crippen LogP contribution < -0.4 is 11.1 Å². The summed E-state index contributed by atoms with van der Waals surface area (Å²) in [6.07, 6.45) is 1.09. The van der Waals surface area contributed by atoms with E-state index in [4.69, 9.17) is 17.3 Å². The zero-order chi connectivity index (χ0) is 9.26. The van der Waals surface area contributed by atoms with E-state index in [1.54, 1.807) is 0 Å². The highest BCUT2D eigenvalue weighted by molar-refractivity contribution is 6.31. The Labute approximate surface area is 81.5 Å². The smallest absolute Gasteiger partial charge is 0.174 e. The highest BCUT2D eigenvalue weighted by Crippen LogP contribution is 2.23. The molecule has 1 unspecified atom stereocenters. The van der Waals surface area contributed by atoms with Crippen molar-refractivity contribution in [1.82, 2.24) is 15.5 Å². The lowest BCUT2D eigenvalue weighted by Gasteiger charge is -2.07. The molecule has 4 nitrogen and oxygen atoms in total. The van der Waals surface area contributed by atoms with Gasteiger partial charge in [-0.25, -0.2) is 0 Å². The number of rotatable bonds is 1. The molecule has 1 aromatic heterocycles. The first-order valence-corrected chi connectivity index (χ1v) is 4.64. The molecule has 13 heavy (non-hydrogen) atoms. The van der Waals surface area contributed by atoms with Crippen molar-refractivity contribution < 1.29 is 0 Å². The first kappa shape index (κ1) is 8.72. The molecule has 70 valence electrons. The standard InChI is InChI=1S/C8H11ClN4/c9-8-6(10)3-7(12-13-8)5-1-2-11-4-5/h3,5,11H,1-2,4H2,(H2,10,12). The van der Waals surface area contributed by atoms with Crippen molar-refractivity contribution in [2.24, 2.45) is 0 Å². The second kappa shape index (κ2) is 3.47. The van der Waals surface area contributed by atoms with Crippen molar-refractivity contribution in [3.05, 3.63) is 16.9 Å². The number of nitrogens with zero attached hydrogens (tertiary/aromatic N) is 2. The number of hydrogen-bond acceptors (Lipinski definition) is 4. The fourth-order valence-electron chi connectivity index (χ4n) is 1.51. The van der Waals surface area contributed by atoms with Crippen LogP contribution in [0.2, 0.25) is 5.15 Å². The van der Waals surface area contributed by atoms with Gasteiger partial charge in [0.2, 0.25) is 0 Å². The number of nitrogens with one attached hydrogen (secondary N) is 1. The molecule has 0 amide bonds. The molecule has 0 bridgehead atoms. The van der Waals surface area contributed by atoms with Gasteiger partial charge in [0, 0.05) is 12.5 Å². The first-order chi connectivity index (χ1) is 6.27. The Kier molecular flexibility index (Phi) is 2.33. The van der Waals surface area contributed by atoms with Gasteiger partial charge in [0.15, 0.2) is 5.15 Å². The fraction of sp³-hybridized carbons (Fsp3) is 0.500. The van der Waals surface area contributed by atoms with Crippen molar-refractivity contribution in [3.63, 3.8) is 0 Å². The van der Waals surface area contributed by atoms with E-state index in [0.717, 1.165) is 25.2 Å². The van der Waals surface area contributed by atoms with Crippen LogP contribution in [0.5, 0.6) is 0 Å². The Bertz CT molecular complexity index is 309. The molecule has 0 aliphatic carbocycles. The maximum atomic E-state index is 5.67. The average molecular weight is 199 g/mol. The minimum Gasteiger partial charge on any atom is -0.396 e. The van der Waals surface area contributed by atoms with E-state index in [2.05, 4.69) is 15.5 Å². The van der Waals surface area contributed by atoms with E-state index >= 15 is 0 Å². The maximum absolute atomic E-state index is 5.67. The topological polar surface area (TPSA) is 63.8 Å². The SMILES string of the molecule is Nc1cc(C2CCNC2)nnc1Cl.